The fourth-order valence-corrected chi connectivity index (χ4v) is 4.43. The first-order valence-electron chi connectivity index (χ1n) is 11.2. The van der Waals surface area contributed by atoms with Crippen molar-refractivity contribution in [1.82, 2.24) is 19.9 Å². The summed E-state index contributed by atoms with van der Waals surface area (Å²) in [5.74, 6) is 0.729. The summed E-state index contributed by atoms with van der Waals surface area (Å²) >= 11 is 6.00. The van der Waals surface area contributed by atoms with Crippen molar-refractivity contribution in [3.8, 4) is 17.0 Å². The maximum atomic E-state index is 13.6. The molecule has 8 heteroatoms. The number of fused-ring (bicyclic) bond motifs is 1. The van der Waals surface area contributed by atoms with Gasteiger partial charge in [0, 0.05) is 43.3 Å². The second-order valence-electron chi connectivity index (χ2n) is 8.43. The fraction of sp³-hybridized carbons (Fsp3) is 0.269. The number of pyridine rings is 1. The number of benzene rings is 2. The first-order chi connectivity index (χ1) is 16.5. The number of methoxy groups -OCH3 is 1. The Morgan fingerprint density at radius 3 is 2.44 bits per heavy atom. The van der Waals surface area contributed by atoms with Crippen LogP contribution in [0.1, 0.15) is 21.6 Å². The van der Waals surface area contributed by atoms with E-state index in [0.717, 1.165) is 36.0 Å². The molecule has 1 aliphatic rings. The second kappa shape index (κ2) is 9.44. The van der Waals surface area contributed by atoms with Crippen LogP contribution in [0.5, 0.6) is 5.75 Å². The minimum absolute atomic E-state index is 0.0281. The van der Waals surface area contributed by atoms with Gasteiger partial charge in [0.15, 0.2) is 0 Å². The molecule has 0 aliphatic carbocycles. The van der Waals surface area contributed by atoms with Crippen molar-refractivity contribution >= 4 is 28.6 Å². The number of aromatic nitrogens is 2. The van der Waals surface area contributed by atoms with Crippen LogP contribution < -0.4 is 4.74 Å². The molecule has 1 amide bonds. The average molecular weight is 477 g/mol. The normalized spacial score (nSPS) is 14.5. The lowest BCUT2D eigenvalue weighted by molar-refractivity contribution is 0.0630. The highest BCUT2D eigenvalue weighted by atomic mass is 35.5. The molecular formula is C26H25ClN4O3. The number of hydrogen-bond acceptors (Lipinski definition) is 6. The van der Waals surface area contributed by atoms with E-state index in [9.17, 15) is 4.79 Å². The molecule has 0 N–H and O–H groups in total. The van der Waals surface area contributed by atoms with Gasteiger partial charge in [0.05, 0.1) is 29.4 Å². The average Bonchev–Trinajstić information content (AvgIpc) is 3.25. The van der Waals surface area contributed by atoms with E-state index in [1.54, 1.807) is 7.11 Å². The quantitative estimate of drug-likeness (QED) is 0.411. The Bertz CT molecular complexity index is 1310. The third kappa shape index (κ3) is 4.49. The van der Waals surface area contributed by atoms with Gasteiger partial charge in [-0.05, 0) is 55.0 Å². The monoisotopic (exact) mass is 476 g/mol. The Morgan fingerprint density at radius 2 is 1.76 bits per heavy atom. The van der Waals surface area contributed by atoms with E-state index in [0.29, 0.717) is 41.1 Å². The van der Waals surface area contributed by atoms with E-state index in [1.165, 1.54) is 5.56 Å². The van der Waals surface area contributed by atoms with E-state index in [-0.39, 0.29) is 5.91 Å². The number of halogens is 1. The SMILES string of the molecule is COc1ccc(-c2cc(C(=O)N3CCN(Cc4ccc(Cl)cc4)CC3)c3c(C)noc3n2)cc1. The number of hydrogen-bond donors (Lipinski definition) is 0. The summed E-state index contributed by atoms with van der Waals surface area (Å²) in [5, 5.41) is 5.47. The van der Waals surface area contributed by atoms with Crippen LogP contribution in [0.25, 0.3) is 22.4 Å². The van der Waals surface area contributed by atoms with Crippen LogP contribution in [0.4, 0.5) is 0 Å². The third-order valence-corrected chi connectivity index (χ3v) is 6.46. The summed E-state index contributed by atoms with van der Waals surface area (Å²) in [6.45, 7) is 5.58. The van der Waals surface area contributed by atoms with E-state index in [4.69, 9.17) is 20.9 Å². The second-order valence-corrected chi connectivity index (χ2v) is 8.86. The van der Waals surface area contributed by atoms with Gasteiger partial charge in [0.2, 0.25) is 0 Å². The summed E-state index contributed by atoms with van der Waals surface area (Å²) < 4.78 is 10.7. The van der Waals surface area contributed by atoms with Crippen LogP contribution in [0, 0.1) is 6.92 Å². The van der Waals surface area contributed by atoms with Crippen molar-refractivity contribution in [2.75, 3.05) is 33.3 Å². The molecule has 4 aromatic rings. The van der Waals surface area contributed by atoms with Crippen LogP contribution in [0.2, 0.25) is 5.02 Å². The third-order valence-electron chi connectivity index (χ3n) is 6.21. The lowest BCUT2D eigenvalue weighted by atomic mass is 10.0. The topological polar surface area (TPSA) is 71.7 Å². The molecule has 2 aromatic carbocycles. The molecule has 0 spiro atoms. The van der Waals surface area contributed by atoms with Gasteiger partial charge in [0.25, 0.3) is 11.6 Å². The van der Waals surface area contributed by atoms with Gasteiger partial charge < -0.3 is 14.2 Å². The number of carbonyl (C=O) groups excluding carboxylic acids is 1. The number of ether oxygens (including phenoxy) is 1. The van der Waals surface area contributed by atoms with E-state index >= 15 is 0 Å². The highest BCUT2D eigenvalue weighted by molar-refractivity contribution is 6.30. The highest BCUT2D eigenvalue weighted by Gasteiger charge is 2.26. The standard InChI is InChI=1S/C26H25ClN4O3/c1-17-24-22(15-23(28-25(24)34-29-17)19-5-9-21(33-2)10-6-19)26(32)31-13-11-30(12-14-31)16-18-3-7-20(27)8-4-18/h3-10,15H,11-14,16H2,1-2H3. The maximum absolute atomic E-state index is 13.6. The lowest BCUT2D eigenvalue weighted by Crippen LogP contribution is -2.48. The number of carbonyl (C=O) groups is 1. The van der Waals surface area contributed by atoms with Crippen LogP contribution in [0.3, 0.4) is 0 Å². The Hall–Kier alpha value is -3.42. The predicted molar refractivity (Wildman–Crippen MR) is 131 cm³/mol. The molecule has 174 valence electrons. The molecule has 0 atom stereocenters. The first-order valence-corrected chi connectivity index (χ1v) is 11.6. The number of amides is 1. The van der Waals surface area contributed by atoms with Crippen molar-refractivity contribution in [1.29, 1.82) is 0 Å². The van der Waals surface area contributed by atoms with Gasteiger partial charge in [-0.1, -0.05) is 28.9 Å². The largest absolute Gasteiger partial charge is 0.497 e. The number of rotatable bonds is 5. The summed E-state index contributed by atoms with van der Waals surface area (Å²) in [6, 6.07) is 17.3. The van der Waals surface area contributed by atoms with Crippen LogP contribution in [-0.2, 0) is 6.54 Å². The zero-order chi connectivity index (χ0) is 23.7. The molecule has 0 unspecified atom stereocenters. The van der Waals surface area contributed by atoms with E-state index in [1.807, 2.05) is 66.4 Å². The molecular weight excluding hydrogens is 452 g/mol. The van der Waals surface area contributed by atoms with Crippen molar-refractivity contribution in [2.24, 2.45) is 0 Å². The molecule has 0 saturated carbocycles. The molecule has 3 heterocycles. The van der Waals surface area contributed by atoms with E-state index < -0.39 is 0 Å². The molecule has 1 fully saturated rings. The van der Waals surface area contributed by atoms with Gasteiger partial charge in [-0.15, -0.1) is 0 Å². The zero-order valence-electron chi connectivity index (χ0n) is 19.1. The molecule has 0 radical (unpaired) electrons. The Balaban J connectivity index is 1.37. The summed E-state index contributed by atoms with van der Waals surface area (Å²) in [5.41, 5.74) is 4.35. The molecule has 34 heavy (non-hydrogen) atoms. The van der Waals surface area contributed by atoms with Gasteiger partial charge in [0.1, 0.15) is 5.75 Å². The van der Waals surface area contributed by atoms with Gasteiger partial charge >= 0.3 is 0 Å². The minimum Gasteiger partial charge on any atom is -0.497 e. The van der Waals surface area contributed by atoms with Crippen LogP contribution >= 0.6 is 11.6 Å². The van der Waals surface area contributed by atoms with Gasteiger partial charge in [-0.2, -0.15) is 0 Å². The summed E-state index contributed by atoms with van der Waals surface area (Å²) in [7, 11) is 1.63. The summed E-state index contributed by atoms with van der Waals surface area (Å²) in [4.78, 5) is 22.5. The Morgan fingerprint density at radius 1 is 1.06 bits per heavy atom. The smallest absolute Gasteiger partial charge is 0.259 e. The lowest BCUT2D eigenvalue weighted by Gasteiger charge is -2.35. The van der Waals surface area contributed by atoms with Crippen molar-refractivity contribution in [3.63, 3.8) is 0 Å². The molecule has 5 rings (SSSR count). The first kappa shape index (κ1) is 22.4. The molecule has 0 bridgehead atoms. The molecule has 1 aliphatic heterocycles. The molecule has 1 saturated heterocycles. The van der Waals surface area contributed by atoms with Crippen molar-refractivity contribution in [3.05, 3.63) is 76.4 Å². The molecule has 7 nitrogen and oxygen atoms in total. The highest BCUT2D eigenvalue weighted by Crippen LogP contribution is 2.29. The van der Waals surface area contributed by atoms with Gasteiger partial charge in [-0.3, -0.25) is 9.69 Å². The van der Waals surface area contributed by atoms with Crippen molar-refractivity contribution in [2.45, 2.75) is 13.5 Å². The van der Waals surface area contributed by atoms with E-state index in [2.05, 4.69) is 15.0 Å². The van der Waals surface area contributed by atoms with Gasteiger partial charge in [-0.25, -0.2) is 4.98 Å². The van der Waals surface area contributed by atoms with Crippen LogP contribution in [-0.4, -0.2) is 59.1 Å². The predicted octanol–water partition coefficient (Wildman–Crippen LogP) is 4.82. The summed E-state index contributed by atoms with van der Waals surface area (Å²) in [6.07, 6.45) is 0. The minimum atomic E-state index is -0.0281. The Kier molecular flexibility index (Phi) is 6.22. The fourth-order valence-electron chi connectivity index (χ4n) is 4.30. The number of aryl methyl sites for hydroxylation is 1. The van der Waals surface area contributed by atoms with Crippen LogP contribution in [0.15, 0.2) is 59.1 Å². The van der Waals surface area contributed by atoms with Crippen molar-refractivity contribution < 1.29 is 14.1 Å². The number of piperazine rings is 1. The Labute approximate surface area is 202 Å². The number of nitrogens with zero attached hydrogens (tertiary/aromatic N) is 4. The molecule has 2 aromatic heterocycles. The zero-order valence-corrected chi connectivity index (χ0v) is 19.9. The maximum Gasteiger partial charge on any atom is 0.259 e.